The number of nitrogens with zero attached hydrogens (tertiary/aromatic N) is 3. The van der Waals surface area contributed by atoms with Crippen molar-refractivity contribution in [2.24, 2.45) is 0 Å². The van der Waals surface area contributed by atoms with Crippen molar-refractivity contribution < 1.29 is 14.3 Å². The maximum absolute atomic E-state index is 11.0. The summed E-state index contributed by atoms with van der Waals surface area (Å²) in [6, 6.07) is 3.58. The van der Waals surface area contributed by atoms with E-state index in [9.17, 15) is 4.79 Å². The van der Waals surface area contributed by atoms with Crippen molar-refractivity contribution in [2.75, 3.05) is 6.54 Å². The highest BCUT2D eigenvalue weighted by Crippen LogP contribution is 2.30. The zero-order valence-corrected chi connectivity index (χ0v) is 11.9. The van der Waals surface area contributed by atoms with Crippen LogP contribution in [-0.2, 0) is 13.1 Å². The van der Waals surface area contributed by atoms with E-state index < -0.39 is 6.09 Å². The lowest BCUT2D eigenvalue weighted by Crippen LogP contribution is -2.37. The quantitative estimate of drug-likeness (QED) is 0.812. The lowest BCUT2D eigenvalue weighted by Gasteiger charge is -2.25. The molecule has 0 spiro atoms. The van der Waals surface area contributed by atoms with Gasteiger partial charge in [0.2, 0.25) is 0 Å². The van der Waals surface area contributed by atoms with Crippen molar-refractivity contribution in [3.05, 3.63) is 28.3 Å². The summed E-state index contributed by atoms with van der Waals surface area (Å²) in [4.78, 5) is 16.7. The fraction of sp³-hybridized carbons (Fsp3) is 0.231. The standard InChI is InChI=1S/C13H10BrN3O3/c1-2-8-12(9-3-4-10(14)20-9)17-6-5-16(13(18)19)7-11(17)15-8/h1,3-4H,5-7H2,(H,18,19). The van der Waals surface area contributed by atoms with E-state index in [1.165, 1.54) is 4.90 Å². The summed E-state index contributed by atoms with van der Waals surface area (Å²) < 4.78 is 8.06. The van der Waals surface area contributed by atoms with Crippen molar-refractivity contribution >= 4 is 22.0 Å². The average Bonchev–Trinajstić information content (AvgIpc) is 3.00. The van der Waals surface area contributed by atoms with Crippen LogP contribution in [-0.4, -0.2) is 32.2 Å². The van der Waals surface area contributed by atoms with Crippen molar-refractivity contribution in [1.82, 2.24) is 14.5 Å². The lowest BCUT2D eigenvalue weighted by atomic mass is 10.2. The Morgan fingerprint density at radius 2 is 2.30 bits per heavy atom. The fourth-order valence-electron chi connectivity index (χ4n) is 2.29. The summed E-state index contributed by atoms with van der Waals surface area (Å²) in [6.07, 6.45) is 4.54. The third-order valence-electron chi connectivity index (χ3n) is 3.19. The second-order valence-electron chi connectivity index (χ2n) is 4.33. The number of hydrogen-bond donors (Lipinski definition) is 1. The summed E-state index contributed by atoms with van der Waals surface area (Å²) in [5.74, 6) is 3.78. The molecule has 1 N–H and O–H groups in total. The molecule has 1 amide bonds. The molecule has 1 aliphatic heterocycles. The molecular formula is C13H10BrN3O3. The molecule has 0 atom stereocenters. The zero-order valence-electron chi connectivity index (χ0n) is 10.3. The molecule has 0 aromatic carbocycles. The Bertz CT molecular complexity index is 726. The minimum atomic E-state index is -0.955. The number of carboxylic acid groups (broad SMARTS) is 1. The molecule has 2 aromatic heterocycles. The van der Waals surface area contributed by atoms with Gasteiger partial charge in [0.15, 0.2) is 10.4 Å². The SMILES string of the molecule is C#Cc1nc2n(c1-c1ccc(Br)o1)CCN(C(=O)O)C2. The Morgan fingerprint density at radius 1 is 1.50 bits per heavy atom. The summed E-state index contributed by atoms with van der Waals surface area (Å²) in [5, 5.41) is 9.04. The van der Waals surface area contributed by atoms with Crippen LogP contribution in [0, 0.1) is 12.3 Å². The molecule has 20 heavy (non-hydrogen) atoms. The first-order chi connectivity index (χ1) is 9.60. The van der Waals surface area contributed by atoms with Crippen molar-refractivity contribution in [2.45, 2.75) is 13.1 Å². The van der Waals surface area contributed by atoms with Gasteiger partial charge in [-0.3, -0.25) is 4.90 Å². The van der Waals surface area contributed by atoms with E-state index in [2.05, 4.69) is 26.8 Å². The number of halogens is 1. The van der Waals surface area contributed by atoms with Gasteiger partial charge in [-0.15, -0.1) is 6.42 Å². The lowest BCUT2D eigenvalue weighted by molar-refractivity contribution is 0.132. The maximum Gasteiger partial charge on any atom is 0.407 e. The van der Waals surface area contributed by atoms with Gasteiger partial charge in [-0.25, -0.2) is 9.78 Å². The van der Waals surface area contributed by atoms with Crippen LogP contribution in [0.2, 0.25) is 0 Å². The number of hydrogen-bond acceptors (Lipinski definition) is 3. The van der Waals surface area contributed by atoms with Crippen molar-refractivity contribution in [1.29, 1.82) is 0 Å². The normalized spacial score (nSPS) is 13.9. The molecule has 102 valence electrons. The molecule has 0 unspecified atom stereocenters. The predicted molar refractivity (Wildman–Crippen MR) is 74.0 cm³/mol. The van der Waals surface area contributed by atoms with Crippen LogP contribution < -0.4 is 0 Å². The van der Waals surface area contributed by atoms with Gasteiger partial charge in [-0.2, -0.15) is 0 Å². The second kappa shape index (κ2) is 4.72. The van der Waals surface area contributed by atoms with E-state index >= 15 is 0 Å². The van der Waals surface area contributed by atoms with Crippen LogP contribution in [0.25, 0.3) is 11.5 Å². The molecule has 0 aliphatic carbocycles. The topological polar surface area (TPSA) is 71.5 Å². The van der Waals surface area contributed by atoms with Gasteiger partial charge >= 0.3 is 6.09 Å². The summed E-state index contributed by atoms with van der Waals surface area (Å²) in [5.41, 5.74) is 1.19. The van der Waals surface area contributed by atoms with Crippen molar-refractivity contribution in [3.63, 3.8) is 0 Å². The molecule has 1 aliphatic rings. The highest BCUT2D eigenvalue weighted by atomic mass is 79.9. The van der Waals surface area contributed by atoms with Gasteiger partial charge in [-0.05, 0) is 34.0 Å². The molecule has 3 heterocycles. The Kier molecular flexibility index (Phi) is 3.03. The highest BCUT2D eigenvalue weighted by Gasteiger charge is 2.27. The molecule has 3 rings (SSSR count). The first-order valence-electron chi connectivity index (χ1n) is 5.89. The second-order valence-corrected chi connectivity index (χ2v) is 5.11. The van der Waals surface area contributed by atoms with E-state index in [0.717, 1.165) is 5.69 Å². The van der Waals surface area contributed by atoms with E-state index in [-0.39, 0.29) is 6.54 Å². The number of aromatic nitrogens is 2. The number of amides is 1. The summed E-state index contributed by atoms with van der Waals surface area (Å²) in [6.45, 7) is 1.13. The Morgan fingerprint density at radius 3 is 2.90 bits per heavy atom. The zero-order chi connectivity index (χ0) is 14.3. The summed E-state index contributed by atoms with van der Waals surface area (Å²) >= 11 is 3.25. The fourth-order valence-corrected chi connectivity index (χ4v) is 2.59. The molecule has 6 nitrogen and oxygen atoms in total. The Balaban J connectivity index is 2.09. The monoisotopic (exact) mass is 335 g/mol. The molecule has 0 fully saturated rings. The van der Waals surface area contributed by atoms with Gasteiger partial charge in [0.1, 0.15) is 17.2 Å². The molecule has 0 bridgehead atoms. The van der Waals surface area contributed by atoms with Crippen LogP contribution in [0.3, 0.4) is 0 Å². The van der Waals surface area contributed by atoms with E-state index in [1.54, 1.807) is 12.1 Å². The number of rotatable bonds is 1. The van der Waals surface area contributed by atoms with Gasteiger partial charge in [0, 0.05) is 13.1 Å². The molecule has 0 saturated carbocycles. The van der Waals surface area contributed by atoms with E-state index in [0.29, 0.717) is 35.0 Å². The van der Waals surface area contributed by atoms with Gasteiger partial charge < -0.3 is 14.1 Å². The molecular weight excluding hydrogens is 326 g/mol. The average molecular weight is 336 g/mol. The van der Waals surface area contributed by atoms with E-state index in [1.807, 2.05) is 4.57 Å². The van der Waals surface area contributed by atoms with Gasteiger partial charge in [-0.1, -0.05) is 0 Å². The Hall–Kier alpha value is -2.20. The molecule has 2 aromatic rings. The minimum absolute atomic E-state index is 0.228. The molecule has 0 saturated heterocycles. The summed E-state index contributed by atoms with van der Waals surface area (Å²) in [7, 11) is 0. The predicted octanol–water partition coefficient (Wildman–Crippen LogP) is 2.38. The van der Waals surface area contributed by atoms with Crippen LogP contribution >= 0.6 is 15.9 Å². The smallest absolute Gasteiger partial charge is 0.407 e. The van der Waals surface area contributed by atoms with E-state index in [4.69, 9.17) is 15.9 Å². The number of terminal acetylenes is 1. The van der Waals surface area contributed by atoms with Gasteiger partial charge in [0.05, 0.1) is 6.54 Å². The largest absolute Gasteiger partial charge is 0.465 e. The minimum Gasteiger partial charge on any atom is -0.465 e. The number of fused-ring (bicyclic) bond motifs is 1. The van der Waals surface area contributed by atoms with Crippen LogP contribution in [0.1, 0.15) is 11.5 Å². The van der Waals surface area contributed by atoms with Crippen LogP contribution in [0.4, 0.5) is 4.79 Å². The first kappa shape index (κ1) is 12.8. The molecule has 0 radical (unpaired) electrons. The third-order valence-corrected chi connectivity index (χ3v) is 3.61. The maximum atomic E-state index is 11.0. The Labute approximate surface area is 123 Å². The van der Waals surface area contributed by atoms with Crippen LogP contribution in [0.15, 0.2) is 21.2 Å². The van der Waals surface area contributed by atoms with Crippen LogP contribution in [0.5, 0.6) is 0 Å². The number of carbonyl (C=O) groups is 1. The highest BCUT2D eigenvalue weighted by molar-refractivity contribution is 9.10. The molecule has 7 heteroatoms. The number of furan rings is 1. The van der Waals surface area contributed by atoms with Crippen molar-refractivity contribution in [3.8, 4) is 23.8 Å². The first-order valence-corrected chi connectivity index (χ1v) is 6.69. The third kappa shape index (κ3) is 1.98. The van der Waals surface area contributed by atoms with Gasteiger partial charge in [0.25, 0.3) is 0 Å². The number of imidazole rings is 1.